The van der Waals surface area contributed by atoms with Crippen LogP contribution in [-0.4, -0.2) is 30.1 Å². The Labute approximate surface area is 105 Å². The molecule has 1 N–H and O–H groups in total. The van der Waals surface area contributed by atoms with E-state index in [-0.39, 0.29) is 25.5 Å². The van der Waals surface area contributed by atoms with Crippen LogP contribution < -0.4 is 9.64 Å². The molecule has 1 aromatic rings. The first-order valence-corrected chi connectivity index (χ1v) is 5.75. The lowest BCUT2D eigenvalue weighted by molar-refractivity contribution is -0.136. The van der Waals surface area contributed by atoms with Gasteiger partial charge in [-0.15, -0.1) is 0 Å². The molecule has 0 fully saturated rings. The van der Waals surface area contributed by atoms with Gasteiger partial charge in [0.15, 0.2) is 6.61 Å². The van der Waals surface area contributed by atoms with Crippen molar-refractivity contribution in [1.82, 2.24) is 0 Å². The molecular weight excluding hydrogens is 234 g/mol. The van der Waals surface area contributed by atoms with E-state index in [2.05, 4.69) is 0 Å². The van der Waals surface area contributed by atoms with Crippen LogP contribution in [0.1, 0.15) is 17.5 Å². The minimum Gasteiger partial charge on any atom is -0.481 e. The second kappa shape index (κ2) is 4.68. The van der Waals surface area contributed by atoms with Crippen LogP contribution >= 0.6 is 0 Å². The molecule has 0 aliphatic carbocycles. The molecule has 0 radical (unpaired) electrons. The topological polar surface area (TPSA) is 66.8 Å². The summed E-state index contributed by atoms with van der Waals surface area (Å²) in [7, 11) is 0. The number of aryl methyl sites for hydroxylation is 2. The summed E-state index contributed by atoms with van der Waals surface area (Å²) in [5.74, 6) is -0.445. The maximum atomic E-state index is 11.8. The number of hydrogen-bond acceptors (Lipinski definition) is 3. The van der Waals surface area contributed by atoms with E-state index in [9.17, 15) is 9.59 Å². The minimum atomic E-state index is -0.916. The molecule has 2 rings (SSSR count). The molecule has 1 aliphatic heterocycles. The number of carboxylic acids is 1. The van der Waals surface area contributed by atoms with Crippen LogP contribution in [-0.2, 0) is 9.59 Å². The fourth-order valence-electron chi connectivity index (χ4n) is 2.12. The Morgan fingerprint density at radius 2 is 2.17 bits per heavy atom. The largest absolute Gasteiger partial charge is 0.481 e. The first-order chi connectivity index (χ1) is 8.49. The van der Waals surface area contributed by atoms with Gasteiger partial charge in [-0.3, -0.25) is 9.59 Å². The molecule has 0 aromatic heterocycles. The monoisotopic (exact) mass is 249 g/mol. The third-order valence-corrected chi connectivity index (χ3v) is 2.88. The Balaban J connectivity index is 2.37. The van der Waals surface area contributed by atoms with Crippen LogP contribution in [0.5, 0.6) is 5.75 Å². The van der Waals surface area contributed by atoms with Gasteiger partial charge in [-0.05, 0) is 31.0 Å². The normalized spacial score (nSPS) is 14.1. The summed E-state index contributed by atoms with van der Waals surface area (Å²) in [5.41, 5.74) is 2.65. The zero-order valence-corrected chi connectivity index (χ0v) is 10.4. The summed E-state index contributed by atoms with van der Waals surface area (Å²) < 4.78 is 5.42. The Hall–Kier alpha value is -2.04. The maximum Gasteiger partial charge on any atom is 0.305 e. The summed E-state index contributed by atoms with van der Waals surface area (Å²) in [6.07, 6.45) is -0.0713. The standard InChI is InChI=1S/C13H15NO4/c1-8-5-9(2)13-10(6-8)14(4-3-12(16)17)11(15)7-18-13/h5-6H,3-4,7H2,1-2H3,(H,16,17). The van der Waals surface area contributed by atoms with Gasteiger partial charge in [0, 0.05) is 6.54 Å². The van der Waals surface area contributed by atoms with E-state index >= 15 is 0 Å². The number of nitrogens with zero attached hydrogens (tertiary/aromatic N) is 1. The molecule has 1 heterocycles. The lowest BCUT2D eigenvalue weighted by Gasteiger charge is -2.30. The van der Waals surface area contributed by atoms with Gasteiger partial charge >= 0.3 is 5.97 Å². The van der Waals surface area contributed by atoms with Gasteiger partial charge in [0.1, 0.15) is 5.75 Å². The molecule has 0 atom stereocenters. The van der Waals surface area contributed by atoms with Gasteiger partial charge in [0.2, 0.25) is 0 Å². The number of carbonyl (C=O) groups excluding carboxylic acids is 1. The number of benzene rings is 1. The summed E-state index contributed by atoms with van der Waals surface area (Å²) in [5, 5.41) is 8.72. The van der Waals surface area contributed by atoms with E-state index in [0.29, 0.717) is 11.4 Å². The van der Waals surface area contributed by atoms with Crippen molar-refractivity contribution in [2.24, 2.45) is 0 Å². The number of anilines is 1. The van der Waals surface area contributed by atoms with Crippen molar-refractivity contribution < 1.29 is 19.4 Å². The Kier molecular flexibility index (Phi) is 3.23. The van der Waals surface area contributed by atoms with E-state index < -0.39 is 5.97 Å². The van der Waals surface area contributed by atoms with Gasteiger partial charge in [0.25, 0.3) is 5.91 Å². The molecule has 0 bridgehead atoms. The minimum absolute atomic E-state index is 0.0312. The molecule has 5 nitrogen and oxygen atoms in total. The number of carbonyl (C=O) groups is 2. The van der Waals surface area contributed by atoms with Crippen LogP contribution in [0.25, 0.3) is 0 Å². The van der Waals surface area contributed by atoms with E-state index in [0.717, 1.165) is 11.1 Å². The number of fused-ring (bicyclic) bond motifs is 1. The summed E-state index contributed by atoms with van der Waals surface area (Å²) >= 11 is 0. The Morgan fingerprint density at radius 3 is 2.83 bits per heavy atom. The average Bonchev–Trinajstić information content (AvgIpc) is 2.26. The van der Waals surface area contributed by atoms with Crippen molar-refractivity contribution in [3.63, 3.8) is 0 Å². The molecule has 0 saturated carbocycles. The van der Waals surface area contributed by atoms with Gasteiger partial charge < -0.3 is 14.7 Å². The molecule has 0 unspecified atom stereocenters. The predicted molar refractivity (Wildman–Crippen MR) is 66.0 cm³/mol. The summed E-state index contributed by atoms with van der Waals surface area (Å²) in [6.45, 7) is 3.99. The zero-order chi connectivity index (χ0) is 13.3. The highest BCUT2D eigenvalue weighted by Crippen LogP contribution is 2.36. The summed E-state index contributed by atoms with van der Waals surface area (Å²) in [6, 6.07) is 3.82. The van der Waals surface area contributed by atoms with Crippen molar-refractivity contribution in [3.8, 4) is 5.75 Å². The van der Waals surface area contributed by atoms with Crippen LogP contribution in [0.4, 0.5) is 5.69 Å². The number of aliphatic carboxylic acids is 1. The Bertz CT molecular complexity index is 510. The third kappa shape index (κ3) is 2.30. The number of amides is 1. The molecule has 0 spiro atoms. The van der Waals surface area contributed by atoms with E-state index in [1.54, 1.807) is 0 Å². The van der Waals surface area contributed by atoms with E-state index in [4.69, 9.17) is 9.84 Å². The zero-order valence-electron chi connectivity index (χ0n) is 10.4. The Morgan fingerprint density at radius 1 is 1.44 bits per heavy atom. The number of rotatable bonds is 3. The second-order valence-electron chi connectivity index (χ2n) is 4.41. The lowest BCUT2D eigenvalue weighted by Crippen LogP contribution is -2.40. The lowest BCUT2D eigenvalue weighted by atomic mass is 10.1. The first-order valence-electron chi connectivity index (χ1n) is 5.75. The van der Waals surface area contributed by atoms with Crippen molar-refractivity contribution in [2.45, 2.75) is 20.3 Å². The van der Waals surface area contributed by atoms with Crippen LogP contribution in [0.15, 0.2) is 12.1 Å². The second-order valence-corrected chi connectivity index (χ2v) is 4.41. The quantitative estimate of drug-likeness (QED) is 0.881. The highest BCUT2D eigenvalue weighted by molar-refractivity contribution is 5.98. The van der Waals surface area contributed by atoms with Crippen molar-refractivity contribution in [1.29, 1.82) is 0 Å². The fourth-order valence-corrected chi connectivity index (χ4v) is 2.12. The van der Waals surface area contributed by atoms with Gasteiger partial charge in [-0.1, -0.05) is 6.07 Å². The van der Waals surface area contributed by atoms with Crippen molar-refractivity contribution >= 4 is 17.6 Å². The molecule has 1 amide bonds. The highest BCUT2D eigenvalue weighted by atomic mass is 16.5. The fraction of sp³-hybridized carbons (Fsp3) is 0.385. The SMILES string of the molecule is Cc1cc(C)c2c(c1)N(CCC(=O)O)C(=O)CO2. The average molecular weight is 249 g/mol. The number of carboxylic acid groups (broad SMARTS) is 1. The number of ether oxygens (including phenoxy) is 1. The smallest absolute Gasteiger partial charge is 0.305 e. The molecular formula is C13H15NO4. The van der Waals surface area contributed by atoms with E-state index in [1.165, 1.54) is 4.90 Å². The number of hydrogen-bond donors (Lipinski definition) is 1. The van der Waals surface area contributed by atoms with E-state index in [1.807, 2.05) is 26.0 Å². The summed E-state index contributed by atoms with van der Waals surface area (Å²) in [4.78, 5) is 23.9. The van der Waals surface area contributed by atoms with Crippen LogP contribution in [0, 0.1) is 13.8 Å². The molecule has 1 aliphatic rings. The van der Waals surface area contributed by atoms with Gasteiger partial charge in [0.05, 0.1) is 12.1 Å². The van der Waals surface area contributed by atoms with Crippen molar-refractivity contribution in [2.75, 3.05) is 18.1 Å². The third-order valence-electron chi connectivity index (χ3n) is 2.88. The molecule has 1 aromatic carbocycles. The predicted octanol–water partition coefficient (Wildman–Crippen LogP) is 1.50. The maximum absolute atomic E-state index is 11.8. The van der Waals surface area contributed by atoms with Crippen LogP contribution in [0.2, 0.25) is 0 Å². The van der Waals surface area contributed by atoms with Gasteiger partial charge in [-0.2, -0.15) is 0 Å². The molecule has 5 heteroatoms. The molecule has 18 heavy (non-hydrogen) atoms. The van der Waals surface area contributed by atoms with Gasteiger partial charge in [-0.25, -0.2) is 0 Å². The van der Waals surface area contributed by atoms with Crippen LogP contribution in [0.3, 0.4) is 0 Å². The first kappa shape index (κ1) is 12.4. The molecule has 96 valence electrons. The van der Waals surface area contributed by atoms with Crippen molar-refractivity contribution in [3.05, 3.63) is 23.3 Å². The molecule has 0 saturated heterocycles. The highest BCUT2D eigenvalue weighted by Gasteiger charge is 2.27.